The first-order valence-electron chi connectivity index (χ1n) is 8.10. The van der Waals surface area contributed by atoms with E-state index in [-0.39, 0.29) is 0 Å². The summed E-state index contributed by atoms with van der Waals surface area (Å²) >= 11 is 0. The molecule has 2 N–H and O–H groups in total. The van der Waals surface area contributed by atoms with Crippen LogP contribution in [0.15, 0.2) is 48.8 Å². The first kappa shape index (κ1) is 14.4. The lowest BCUT2D eigenvalue weighted by molar-refractivity contribution is 0.0383. The molecule has 118 valence electrons. The molecule has 0 saturated carbocycles. The van der Waals surface area contributed by atoms with Gasteiger partial charge >= 0.3 is 0 Å². The molecule has 0 fully saturated rings. The zero-order chi connectivity index (χ0) is 15.9. The van der Waals surface area contributed by atoms with Crippen molar-refractivity contribution in [2.75, 3.05) is 6.54 Å². The molecule has 1 aliphatic rings. The van der Waals surface area contributed by atoms with Gasteiger partial charge in [0.15, 0.2) is 0 Å². The monoisotopic (exact) mass is 307 g/mol. The van der Waals surface area contributed by atoms with Crippen LogP contribution in [0.1, 0.15) is 28.8 Å². The van der Waals surface area contributed by atoms with Gasteiger partial charge in [0.1, 0.15) is 11.2 Å². The molecule has 2 heterocycles. The minimum Gasteiger partial charge on any atom is -0.384 e. The Morgan fingerprint density at radius 1 is 1.26 bits per heavy atom. The average Bonchev–Trinajstić information content (AvgIpc) is 3.10. The Morgan fingerprint density at radius 3 is 3.04 bits per heavy atom. The van der Waals surface area contributed by atoms with Gasteiger partial charge in [-0.3, -0.25) is 0 Å². The van der Waals surface area contributed by atoms with E-state index in [1.54, 1.807) is 0 Å². The van der Waals surface area contributed by atoms with E-state index >= 15 is 0 Å². The van der Waals surface area contributed by atoms with E-state index in [1.807, 2.05) is 30.5 Å². The molecule has 1 unspecified atom stereocenters. The van der Waals surface area contributed by atoms with Crippen molar-refractivity contribution in [1.29, 1.82) is 0 Å². The van der Waals surface area contributed by atoms with E-state index in [2.05, 4.69) is 40.0 Å². The van der Waals surface area contributed by atoms with Crippen molar-refractivity contribution in [3.05, 3.63) is 71.2 Å². The van der Waals surface area contributed by atoms with Crippen molar-refractivity contribution in [3.8, 4) is 0 Å². The van der Waals surface area contributed by atoms with Gasteiger partial charge in [0.05, 0.1) is 11.9 Å². The smallest absolute Gasteiger partial charge is 0.136 e. The third-order valence-corrected chi connectivity index (χ3v) is 4.78. The van der Waals surface area contributed by atoms with Crippen molar-refractivity contribution in [2.45, 2.75) is 31.9 Å². The van der Waals surface area contributed by atoms with Gasteiger partial charge in [0, 0.05) is 19.3 Å². The maximum absolute atomic E-state index is 10.9. The van der Waals surface area contributed by atoms with Crippen molar-refractivity contribution in [2.24, 2.45) is 0 Å². The van der Waals surface area contributed by atoms with Crippen LogP contribution in [0.2, 0.25) is 0 Å². The van der Waals surface area contributed by atoms with Crippen LogP contribution in [0.25, 0.3) is 5.65 Å². The number of benzene rings is 1. The summed E-state index contributed by atoms with van der Waals surface area (Å²) in [6.07, 6.45) is 5.72. The highest BCUT2D eigenvalue weighted by molar-refractivity contribution is 5.41. The van der Waals surface area contributed by atoms with Gasteiger partial charge < -0.3 is 14.8 Å². The predicted molar refractivity (Wildman–Crippen MR) is 90.3 cm³/mol. The van der Waals surface area contributed by atoms with Gasteiger partial charge in [0.2, 0.25) is 0 Å². The number of aromatic nitrogens is 2. The molecule has 0 spiro atoms. The highest BCUT2D eigenvalue weighted by Gasteiger charge is 2.35. The molecule has 0 aliphatic heterocycles. The maximum Gasteiger partial charge on any atom is 0.136 e. The van der Waals surface area contributed by atoms with Gasteiger partial charge in [0.25, 0.3) is 0 Å². The summed E-state index contributed by atoms with van der Waals surface area (Å²) in [5.74, 6) is 0. The van der Waals surface area contributed by atoms with Gasteiger partial charge in [-0.15, -0.1) is 0 Å². The van der Waals surface area contributed by atoms with Gasteiger partial charge in [-0.05, 0) is 42.5 Å². The fourth-order valence-electron chi connectivity index (χ4n) is 3.52. The van der Waals surface area contributed by atoms with E-state index in [0.29, 0.717) is 13.1 Å². The van der Waals surface area contributed by atoms with Crippen molar-refractivity contribution < 1.29 is 5.11 Å². The molecule has 0 bridgehead atoms. The van der Waals surface area contributed by atoms with Crippen molar-refractivity contribution >= 4 is 5.65 Å². The number of hydrogen-bond acceptors (Lipinski definition) is 3. The number of pyridine rings is 1. The van der Waals surface area contributed by atoms with E-state index in [4.69, 9.17) is 0 Å². The van der Waals surface area contributed by atoms with Crippen LogP contribution in [0.4, 0.5) is 0 Å². The number of rotatable bonds is 4. The lowest BCUT2D eigenvalue weighted by Gasteiger charge is -2.24. The Hall–Kier alpha value is -2.17. The van der Waals surface area contributed by atoms with Crippen molar-refractivity contribution in [1.82, 2.24) is 14.7 Å². The number of aryl methyl sites for hydroxylation is 2. The summed E-state index contributed by atoms with van der Waals surface area (Å²) in [5, 5.41) is 14.4. The number of nitrogens with zero attached hydrogens (tertiary/aromatic N) is 2. The molecule has 4 rings (SSSR count). The summed E-state index contributed by atoms with van der Waals surface area (Å²) in [6, 6.07) is 12.3. The molecule has 2 aromatic heterocycles. The molecule has 4 nitrogen and oxygen atoms in total. The minimum atomic E-state index is -0.757. The molecule has 1 aromatic carbocycles. The van der Waals surface area contributed by atoms with Crippen LogP contribution in [-0.4, -0.2) is 21.0 Å². The standard InChI is InChI=1S/C19H21N3O/c1-14-6-7-18-21-11-16(22(18)12-14)10-20-13-19(23)9-8-15-4-2-3-5-17(15)19/h2-7,11-12,20,23H,8-10,13H2,1H3. The second-order valence-electron chi connectivity index (χ2n) is 6.48. The highest BCUT2D eigenvalue weighted by Crippen LogP contribution is 2.36. The highest BCUT2D eigenvalue weighted by atomic mass is 16.3. The number of imidazole rings is 1. The second-order valence-corrected chi connectivity index (χ2v) is 6.48. The lowest BCUT2D eigenvalue weighted by Crippen LogP contribution is -2.36. The third-order valence-electron chi connectivity index (χ3n) is 4.78. The SMILES string of the molecule is Cc1ccc2ncc(CNCC3(O)CCc4ccccc43)n2c1. The maximum atomic E-state index is 10.9. The molecule has 0 saturated heterocycles. The molecule has 1 aliphatic carbocycles. The van der Waals surface area contributed by atoms with Crippen LogP contribution < -0.4 is 5.32 Å². The van der Waals surface area contributed by atoms with Gasteiger partial charge in [-0.25, -0.2) is 4.98 Å². The Bertz CT molecular complexity index is 855. The summed E-state index contributed by atoms with van der Waals surface area (Å²) < 4.78 is 2.11. The molecular formula is C19H21N3O. The largest absolute Gasteiger partial charge is 0.384 e. The lowest BCUT2D eigenvalue weighted by atomic mass is 9.96. The molecule has 0 amide bonds. The van der Waals surface area contributed by atoms with E-state index in [0.717, 1.165) is 29.7 Å². The zero-order valence-corrected chi connectivity index (χ0v) is 13.3. The summed E-state index contributed by atoms with van der Waals surface area (Å²) in [5.41, 5.74) is 4.85. The van der Waals surface area contributed by atoms with Crippen molar-refractivity contribution in [3.63, 3.8) is 0 Å². The first-order valence-corrected chi connectivity index (χ1v) is 8.10. The molecule has 4 heteroatoms. The Kier molecular flexibility index (Phi) is 3.43. The Morgan fingerprint density at radius 2 is 2.13 bits per heavy atom. The Balaban J connectivity index is 1.49. The van der Waals surface area contributed by atoms with Gasteiger partial charge in [-0.2, -0.15) is 0 Å². The van der Waals surface area contributed by atoms with E-state index in [9.17, 15) is 5.11 Å². The van der Waals surface area contributed by atoms with Gasteiger partial charge in [-0.1, -0.05) is 30.3 Å². The molecule has 3 aromatic rings. The van der Waals surface area contributed by atoms with Crippen LogP contribution in [0.3, 0.4) is 0 Å². The quantitative estimate of drug-likeness (QED) is 0.779. The molecule has 23 heavy (non-hydrogen) atoms. The molecule has 1 atom stereocenters. The fraction of sp³-hybridized carbons (Fsp3) is 0.316. The topological polar surface area (TPSA) is 49.6 Å². The molecule has 0 radical (unpaired) electrons. The third kappa shape index (κ3) is 2.54. The van der Waals surface area contributed by atoms with Crippen LogP contribution >= 0.6 is 0 Å². The number of nitrogens with one attached hydrogen (secondary N) is 1. The summed E-state index contributed by atoms with van der Waals surface area (Å²) in [4.78, 5) is 4.42. The van der Waals surface area contributed by atoms with E-state index in [1.165, 1.54) is 11.1 Å². The number of hydrogen-bond donors (Lipinski definition) is 2. The molecular weight excluding hydrogens is 286 g/mol. The number of aliphatic hydroxyl groups is 1. The minimum absolute atomic E-state index is 0.559. The average molecular weight is 307 g/mol. The fourth-order valence-corrected chi connectivity index (χ4v) is 3.52. The predicted octanol–water partition coefficient (Wildman–Crippen LogP) is 2.57. The van der Waals surface area contributed by atoms with Crippen LogP contribution in [0, 0.1) is 6.92 Å². The number of fused-ring (bicyclic) bond motifs is 2. The van der Waals surface area contributed by atoms with Crippen LogP contribution in [0.5, 0.6) is 0 Å². The zero-order valence-electron chi connectivity index (χ0n) is 13.3. The summed E-state index contributed by atoms with van der Waals surface area (Å²) in [7, 11) is 0. The van der Waals surface area contributed by atoms with E-state index < -0.39 is 5.60 Å². The summed E-state index contributed by atoms with van der Waals surface area (Å²) in [6.45, 7) is 3.33. The van der Waals surface area contributed by atoms with Crippen LogP contribution in [-0.2, 0) is 18.6 Å². The second kappa shape index (κ2) is 5.48. The Labute approximate surface area is 135 Å². The normalized spacial score (nSPS) is 20.1. The first-order chi connectivity index (χ1) is 11.2.